The lowest BCUT2D eigenvalue weighted by Gasteiger charge is -2.04. The number of para-hydroxylation sites is 1. The van der Waals surface area contributed by atoms with Crippen LogP contribution in [0.4, 0.5) is 0 Å². The van der Waals surface area contributed by atoms with Crippen LogP contribution in [-0.2, 0) is 13.0 Å². The largest absolute Gasteiger partial charge is 0.507 e. The van der Waals surface area contributed by atoms with Gasteiger partial charge < -0.3 is 14.9 Å². The Bertz CT molecular complexity index is 797. The van der Waals surface area contributed by atoms with Crippen LogP contribution in [0.5, 0.6) is 5.75 Å². The zero-order valence-corrected chi connectivity index (χ0v) is 12.4. The lowest BCUT2D eigenvalue weighted by molar-refractivity contribution is 0.0944. The number of carbonyl (C=O) groups is 1. The molecule has 3 aromatic rings. The molecule has 0 aliphatic heterocycles. The third-order valence-corrected chi connectivity index (χ3v) is 3.41. The van der Waals surface area contributed by atoms with E-state index in [1.165, 1.54) is 6.07 Å². The van der Waals surface area contributed by atoms with Crippen LogP contribution in [0.15, 0.2) is 65.2 Å². The molecular formula is C18H16N2O3. The summed E-state index contributed by atoms with van der Waals surface area (Å²) in [6, 6.07) is 18.2. The van der Waals surface area contributed by atoms with Gasteiger partial charge in [-0.25, -0.2) is 0 Å². The summed E-state index contributed by atoms with van der Waals surface area (Å²) in [5.41, 5.74) is 2.19. The average Bonchev–Trinajstić information content (AvgIpc) is 3.01. The van der Waals surface area contributed by atoms with E-state index in [-0.39, 0.29) is 23.8 Å². The van der Waals surface area contributed by atoms with Gasteiger partial charge in [0.15, 0.2) is 5.76 Å². The first-order chi connectivity index (χ1) is 11.2. The first kappa shape index (κ1) is 14.8. The molecule has 1 heterocycles. The van der Waals surface area contributed by atoms with Crippen molar-refractivity contribution in [3.8, 4) is 5.75 Å². The van der Waals surface area contributed by atoms with Crippen molar-refractivity contribution in [1.29, 1.82) is 0 Å². The molecule has 0 saturated carbocycles. The molecule has 0 bridgehead atoms. The molecule has 0 aliphatic rings. The zero-order chi connectivity index (χ0) is 16.1. The van der Waals surface area contributed by atoms with E-state index in [2.05, 4.69) is 10.5 Å². The summed E-state index contributed by atoms with van der Waals surface area (Å²) in [7, 11) is 0. The maximum Gasteiger partial charge on any atom is 0.255 e. The number of aromatic hydroxyl groups is 1. The maximum absolute atomic E-state index is 12.0. The summed E-state index contributed by atoms with van der Waals surface area (Å²) >= 11 is 0. The molecule has 0 aliphatic carbocycles. The highest BCUT2D eigenvalue weighted by Gasteiger charge is 2.11. The van der Waals surface area contributed by atoms with Gasteiger partial charge in [-0.3, -0.25) is 4.79 Å². The Morgan fingerprint density at radius 3 is 2.61 bits per heavy atom. The molecule has 1 aromatic heterocycles. The molecule has 0 spiro atoms. The Balaban J connectivity index is 1.59. The molecule has 1 amide bonds. The highest BCUT2D eigenvalue weighted by atomic mass is 16.5. The number of aromatic nitrogens is 1. The van der Waals surface area contributed by atoms with Crippen LogP contribution >= 0.6 is 0 Å². The molecule has 0 fully saturated rings. The summed E-state index contributed by atoms with van der Waals surface area (Å²) < 4.78 is 5.23. The van der Waals surface area contributed by atoms with Gasteiger partial charge in [0.25, 0.3) is 5.91 Å². The van der Waals surface area contributed by atoms with Crippen LogP contribution in [0.2, 0.25) is 0 Å². The van der Waals surface area contributed by atoms with Crippen molar-refractivity contribution in [2.24, 2.45) is 0 Å². The monoisotopic (exact) mass is 308 g/mol. The van der Waals surface area contributed by atoms with E-state index < -0.39 is 0 Å². The van der Waals surface area contributed by atoms with Gasteiger partial charge in [-0.05, 0) is 17.7 Å². The van der Waals surface area contributed by atoms with Crippen LogP contribution in [0.25, 0.3) is 0 Å². The maximum atomic E-state index is 12.0. The number of phenolic OH excluding ortho intramolecular Hbond substituents is 1. The first-order valence-corrected chi connectivity index (χ1v) is 7.27. The predicted octanol–water partition coefficient (Wildman–Crippen LogP) is 2.90. The van der Waals surface area contributed by atoms with Crippen molar-refractivity contribution in [1.82, 2.24) is 10.5 Å². The summed E-state index contributed by atoms with van der Waals surface area (Å²) in [6.07, 6.45) is 0.678. The third-order valence-electron chi connectivity index (χ3n) is 3.41. The molecule has 3 rings (SSSR count). The first-order valence-electron chi connectivity index (χ1n) is 7.27. The highest BCUT2D eigenvalue weighted by molar-refractivity contribution is 5.96. The van der Waals surface area contributed by atoms with Gasteiger partial charge in [0.2, 0.25) is 0 Å². The van der Waals surface area contributed by atoms with E-state index in [4.69, 9.17) is 4.52 Å². The number of benzene rings is 2. The van der Waals surface area contributed by atoms with Gasteiger partial charge in [0.1, 0.15) is 5.75 Å². The predicted molar refractivity (Wildman–Crippen MR) is 85.0 cm³/mol. The Morgan fingerprint density at radius 1 is 1.09 bits per heavy atom. The number of hydrogen-bond donors (Lipinski definition) is 2. The van der Waals surface area contributed by atoms with Crippen molar-refractivity contribution in [2.45, 2.75) is 13.0 Å². The second-order valence-electron chi connectivity index (χ2n) is 5.15. The van der Waals surface area contributed by atoms with E-state index in [1.54, 1.807) is 18.2 Å². The Labute approximate surface area is 133 Å². The summed E-state index contributed by atoms with van der Waals surface area (Å²) in [6.45, 7) is 0.217. The van der Waals surface area contributed by atoms with Gasteiger partial charge >= 0.3 is 0 Å². The molecule has 116 valence electrons. The van der Waals surface area contributed by atoms with E-state index in [9.17, 15) is 9.90 Å². The fourth-order valence-electron chi connectivity index (χ4n) is 2.26. The fourth-order valence-corrected chi connectivity index (χ4v) is 2.26. The third kappa shape index (κ3) is 3.77. The zero-order valence-electron chi connectivity index (χ0n) is 12.4. The molecule has 5 nitrogen and oxygen atoms in total. The lowest BCUT2D eigenvalue weighted by atomic mass is 10.1. The number of amides is 1. The Kier molecular flexibility index (Phi) is 4.38. The summed E-state index contributed by atoms with van der Waals surface area (Å²) in [5.74, 6) is 0.163. The van der Waals surface area contributed by atoms with Crippen molar-refractivity contribution in [2.75, 3.05) is 0 Å². The smallest absolute Gasteiger partial charge is 0.255 e. The van der Waals surface area contributed by atoms with Crippen LogP contribution in [0.1, 0.15) is 27.4 Å². The number of hydrogen-bond acceptors (Lipinski definition) is 4. The van der Waals surface area contributed by atoms with Crippen molar-refractivity contribution in [3.05, 3.63) is 83.2 Å². The van der Waals surface area contributed by atoms with Crippen LogP contribution in [0, 0.1) is 0 Å². The van der Waals surface area contributed by atoms with Gasteiger partial charge in [-0.15, -0.1) is 0 Å². The lowest BCUT2D eigenvalue weighted by Crippen LogP contribution is -2.22. The van der Waals surface area contributed by atoms with Crippen LogP contribution in [0.3, 0.4) is 0 Å². The number of carbonyl (C=O) groups excluding carboxylic acids is 1. The van der Waals surface area contributed by atoms with Crippen molar-refractivity contribution < 1.29 is 14.4 Å². The number of nitrogens with zero attached hydrogens (tertiary/aromatic N) is 1. The number of rotatable bonds is 5. The molecule has 0 atom stereocenters. The molecule has 23 heavy (non-hydrogen) atoms. The van der Waals surface area contributed by atoms with Crippen molar-refractivity contribution in [3.63, 3.8) is 0 Å². The average molecular weight is 308 g/mol. The van der Waals surface area contributed by atoms with E-state index in [0.717, 1.165) is 11.3 Å². The Hall–Kier alpha value is -3.08. The van der Waals surface area contributed by atoms with E-state index >= 15 is 0 Å². The quantitative estimate of drug-likeness (QED) is 0.760. The number of nitrogens with one attached hydrogen (secondary N) is 1. The standard InChI is InChI=1S/C18H16N2O3/c21-17-9-5-4-8-16(17)18(22)19-12-15-11-14(20-23-15)10-13-6-2-1-3-7-13/h1-9,11,21H,10,12H2,(H,19,22). The van der Waals surface area contributed by atoms with Crippen molar-refractivity contribution >= 4 is 5.91 Å². The second-order valence-corrected chi connectivity index (χ2v) is 5.15. The topological polar surface area (TPSA) is 75.4 Å². The SMILES string of the molecule is O=C(NCc1cc(Cc2ccccc2)no1)c1ccccc1O. The van der Waals surface area contributed by atoms with Gasteiger partial charge in [-0.2, -0.15) is 0 Å². The highest BCUT2D eigenvalue weighted by Crippen LogP contribution is 2.15. The van der Waals surface area contributed by atoms with E-state index in [0.29, 0.717) is 12.2 Å². The van der Waals surface area contributed by atoms with Crippen LogP contribution < -0.4 is 5.32 Å². The number of phenols is 1. The fraction of sp³-hybridized carbons (Fsp3) is 0.111. The van der Waals surface area contributed by atoms with Gasteiger partial charge in [-0.1, -0.05) is 47.6 Å². The molecule has 0 radical (unpaired) electrons. The Morgan fingerprint density at radius 2 is 1.83 bits per heavy atom. The van der Waals surface area contributed by atoms with Gasteiger partial charge in [0, 0.05) is 12.5 Å². The molecular weight excluding hydrogens is 292 g/mol. The minimum atomic E-state index is -0.357. The molecule has 2 N–H and O–H groups in total. The van der Waals surface area contributed by atoms with E-state index in [1.807, 2.05) is 36.4 Å². The van der Waals surface area contributed by atoms with Gasteiger partial charge in [0.05, 0.1) is 17.8 Å². The second kappa shape index (κ2) is 6.79. The summed E-state index contributed by atoms with van der Waals surface area (Å²) in [4.78, 5) is 12.0. The molecule has 0 saturated heterocycles. The minimum absolute atomic E-state index is 0.0488. The minimum Gasteiger partial charge on any atom is -0.507 e. The normalized spacial score (nSPS) is 10.4. The van der Waals surface area contributed by atoms with Crippen LogP contribution in [-0.4, -0.2) is 16.2 Å². The molecule has 0 unspecified atom stereocenters. The molecule has 5 heteroatoms. The summed E-state index contributed by atoms with van der Waals surface area (Å²) in [5, 5.41) is 16.4. The molecule has 2 aromatic carbocycles.